The molecule has 0 spiro atoms. The van der Waals surface area contributed by atoms with Crippen LogP contribution in [0.25, 0.3) is 0 Å². The van der Waals surface area contributed by atoms with Gasteiger partial charge >= 0.3 is 5.97 Å². The van der Waals surface area contributed by atoms with Gasteiger partial charge in [-0.15, -0.1) is 0 Å². The number of rotatable bonds is 9. The van der Waals surface area contributed by atoms with E-state index in [1.165, 1.54) is 0 Å². The Morgan fingerprint density at radius 1 is 1.28 bits per heavy atom. The van der Waals surface area contributed by atoms with Crippen molar-refractivity contribution >= 4 is 17.6 Å². The standard InChI is InChI=1S/C20H27ClN2O6/c1-26-15-4-5-16(27-2)14(12-15)13-23(18-17(21)19(24)29-20(18)25)7-3-6-22-8-10-28-11-9-22/h4-5,12,20,25H,3,6-11,13H2,1-2H3. The molecule has 8 nitrogen and oxygen atoms in total. The number of carbonyl (C=O) groups is 1. The molecule has 1 aromatic rings. The largest absolute Gasteiger partial charge is 0.497 e. The second-order valence-electron chi connectivity index (χ2n) is 6.86. The van der Waals surface area contributed by atoms with E-state index in [1.54, 1.807) is 14.2 Å². The summed E-state index contributed by atoms with van der Waals surface area (Å²) in [5, 5.41) is 10.2. The van der Waals surface area contributed by atoms with Crippen LogP contribution in [0.15, 0.2) is 28.9 Å². The number of cyclic esters (lactones) is 1. The minimum atomic E-state index is -1.38. The molecule has 0 saturated carbocycles. The van der Waals surface area contributed by atoms with Gasteiger partial charge in [0.2, 0.25) is 6.29 Å². The maximum absolute atomic E-state index is 11.8. The van der Waals surface area contributed by atoms with Crippen molar-refractivity contribution in [2.45, 2.75) is 19.3 Å². The number of hydrogen-bond donors (Lipinski definition) is 1. The molecule has 3 rings (SSSR count). The predicted molar refractivity (Wildman–Crippen MR) is 107 cm³/mol. The molecule has 1 atom stereocenters. The van der Waals surface area contributed by atoms with Gasteiger partial charge < -0.3 is 29.0 Å². The summed E-state index contributed by atoms with van der Waals surface area (Å²) in [6, 6.07) is 5.50. The summed E-state index contributed by atoms with van der Waals surface area (Å²) < 4.78 is 21.1. The van der Waals surface area contributed by atoms with Gasteiger partial charge in [-0.2, -0.15) is 0 Å². The Morgan fingerprint density at radius 3 is 2.66 bits per heavy atom. The Hall–Kier alpha value is -2.00. The number of morpholine rings is 1. The summed E-state index contributed by atoms with van der Waals surface area (Å²) in [6.07, 6.45) is -0.559. The Balaban J connectivity index is 1.78. The van der Waals surface area contributed by atoms with Crippen LogP contribution in [-0.4, -0.2) is 80.8 Å². The molecule has 0 aromatic heterocycles. The van der Waals surface area contributed by atoms with E-state index in [1.807, 2.05) is 23.1 Å². The zero-order valence-electron chi connectivity index (χ0n) is 16.7. The maximum Gasteiger partial charge on any atom is 0.354 e. The minimum Gasteiger partial charge on any atom is -0.497 e. The Morgan fingerprint density at radius 2 is 2.03 bits per heavy atom. The summed E-state index contributed by atoms with van der Waals surface area (Å²) in [5.41, 5.74) is 1.13. The molecule has 1 unspecified atom stereocenters. The fourth-order valence-corrected chi connectivity index (χ4v) is 3.78. The summed E-state index contributed by atoms with van der Waals surface area (Å²) in [7, 11) is 3.19. The SMILES string of the molecule is COc1ccc(OC)c(CN(CCCN2CCOCC2)C2=C(Cl)C(=O)OC2O)c1. The summed E-state index contributed by atoms with van der Waals surface area (Å²) in [6.45, 7) is 5.12. The van der Waals surface area contributed by atoms with Crippen LogP contribution in [0.1, 0.15) is 12.0 Å². The van der Waals surface area contributed by atoms with Crippen molar-refractivity contribution in [2.75, 3.05) is 53.6 Å². The van der Waals surface area contributed by atoms with Crippen LogP contribution in [-0.2, 0) is 20.8 Å². The molecule has 1 N–H and O–H groups in total. The van der Waals surface area contributed by atoms with Crippen molar-refractivity contribution < 1.29 is 28.8 Å². The van der Waals surface area contributed by atoms with Gasteiger partial charge in [0.05, 0.1) is 27.4 Å². The van der Waals surface area contributed by atoms with Crippen LogP contribution in [0.2, 0.25) is 0 Å². The number of carbonyl (C=O) groups excluding carboxylic acids is 1. The molecule has 1 aromatic carbocycles. The lowest BCUT2D eigenvalue weighted by Crippen LogP contribution is -2.38. The maximum atomic E-state index is 11.8. The highest BCUT2D eigenvalue weighted by atomic mass is 35.5. The molecule has 9 heteroatoms. The van der Waals surface area contributed by atoms with Crippen molar-refractivity contribution in [2.24, 2.45) is 0 Å². The molecular weight excluding hydrogens is 400 g/mol. The first-order valence-corrected chi connectivity index (χ1v) is 9.96. The number of benzene rings is 1. The van der Waals surface area contributed by atoms with E-state index in [0.29, 0.717) is 24.6 Å². The van der Waals surface area contributed by atoms with Crippen molar-refractivity contribution in [1.29, 1.82) is 0 Å². The van der Waals surface area contributed by atoms with Crippen molar-refractivity contribution in [3.63, 3.8) is 0 Å². The Bertz CT molecular complexity index is 750. The van der Waals surface area contributed by atoms with E-state index in [2.05, 4.69) is 4.90 Å². The van der Waals surface area contributed by atoms with E-state index in [0.717, 1.165) is 44.8 Å². The number of nitrogens with zero attached hydrogens (tertiary/aromatic N) is 2. The van der Waals surface area contributed by atoms with Gasteiger partial charge in [-0.25, -0.2) is 4.79 Å². The molecular formula is C20H27ClN2O6. The van der Waals surface area contributed by atoms with E-state index in [-0.39, 0.29) is 10.7 Å². The average molecular weight is 427 g/mol. The lowest BCUT2D eigenvalue weighted by atomic mass is 10.1. The van der Waals surface area contributed by atoms with Crippen LogP contribution in [0.4, 0.5) is 0 Å². The van der Waals surface area contributed by atoms with Crippen LogP contribution in [0.5, 0.6) is 11.5 Å². The number of aliphatic hydroxyl groups excluding tert-OH is 1. The zero-order valence-corrected chi connectivity index (χ0v) is 17.5. The first-order chi connectivity index (χ1) is 14.0. The van der Waals surface area contributed by atoms with E-state index < -0.39 is 12.3 Å². The molecule has 1 saturated heterocycles. The van der Waals surface area contributed by atoms with Crippen molar-refractivity contribution in [3.8, 4) is 11.5 Å². The molecule has 160 valence electrons. The summed E-state index contributed by atoms with van der Waals surface area (Å²) in [4.78, 5) is 16.0. The minimum absolute atomic E-state index is 0.0919. The third kappa shape index (κ3) is 5.33. The third-order valence-electron chi connectivity index (χ3n) is 5.05. The second-order valence-corrected chi connectivity index (χ2v) is 7.24. The molecule has 2 aliphatic rings. The molecule has 1 fully saturated rings. The number of ether oxygens (including phenoxy) is 4. The second kappa shape index (κ2) is 10.2. The van der Waals surface area contributed by atoms with Gasteiger partial charge in [0.15, 0.2) is 5.03 Å². The number of esters is 1. The fourth-order valence-electron chi connectivity index (χ4n) is 3.52. The molecule has 0 aliphatic carbocycles. The fraction of sp³-hybridized carbons (Fsp3) is 0.550. The summed E-state index contributed by atoms with van der Waals surface area (Å²) >= 11 is 6.16. The molecule has 0 radical (unpaired) electrons. The van der Waals surface area contributed by atoms with Crippen LogP contribution in [0, 0.1) is 0 Å². The van der Waals surface area contributed by atoms with Crippen LogP contribution < -0.4 is 9.47 Å². The topological polar surface area (TPSA) is 80.7 Å². The lowest BCUT2D eigenvalue weighted by Gasteiger charge is -2.30. The van der Waals surface area contributed by atoms with Gasteiger partial charge in [-0.05, 0) is 24.6 Å². The van der Waals surface area contributed by atoms with Gasteiger partial charge in [-0.1, -0.05) is 11.6 Å². The highest BCUT2D eigenvalue weighted by molar-refractivity contribution is 6.42. The normalized spacial score (nSPS) is 20.0. The Labute approximate surface area is 175 Å². The third-order valence-corrected chi connectivity index (χ3v) is 5.40. The smallest absolute Gasteiger partial charge is 0.354 e. The number of hydrogen-bond acceptors (Lipinski definition) is 8. The molecule has 29 heavy (non-hydrogen) atoms. The van der Waals surface area contributed by atoms with Gasteiger partial charge in [-0.3, -0.25) is 4.90 Å². The van der Waals surface area contributed by atoms with Crippen LogP contribution >= 0.6 is 11.6 Å². The van der Waals surface area contributed by atoms with Crippen LogP contribution in [0.3, 0.4) is 0 Å². The van der Waals surface area contributed by atoms with Crippen molar-refractivity contribution in [3.05, 3.63) is 34.5 Å². The monoisotopic (exact) mass is 426 g/mol. The quantitative estimate of drug-likeness (QED) is 0.596. The highest BCUT2D eigenvalue weighted by Crippen LogP contribution is 2.32. The van der Waals surface area contributed by atoms with E-state index in [4.69, 9.17) is 30.5 Å². The van der Waals surface area contributed by atoms with E-state index in [9.17, 15) is 9.90 Å². The molecule has 0 bridgehead atoms. The average Bonchev–Trinajstić information content (AvgIpc) is 2.99. The number of aliphatic hydroxyl groups is 1. The first kappa shape index (κ1) is 21.7. The number of methoxy groups -OCH3 is 2. The van der Waals surface area contributed by atoms with Gasteiger partial charge in [0.1, 0.15) is 17.2 Å². The zero-order chi connectivity index (χ0) is 20.8. The Kier molecular flexibility index (Phi) is 7.60. The molecule has 0 amide bonds. The highest BCUT2D eigenvalue weighted by Gasteiger charge is 2.35. The van der Waals surface area contributed by atoms with Gasteiger partial charge in [0, 0.05) is 38.3 Å². The number of halogens is 1. The van der Waals surface area contributed by atoms with Crippen molar-refractivity contribution in [1.82, 2.24) is 9.80 Å². The summed E-state index contributed by atoms with van der Waals surface area (Å²) in [5.74, 6) is 0.652. The molecule has 2 heterocycles. The lowest BCUT2D eigenvalue weighted by molar-refractivity contribution is -0.152. The first-order valence-electron chi connectivity index (χ1n) is 9.58. The van der Waals surface area contributed by atoms with E-state index >= 15 is 0 Å². The predicted octanol–water partition coefficient (Wildman–Crippen LogP) is 1.55. The van der Waals surface area contributed by atoms with Gasteiger partial charge in [0.25, 0.3) is 0 Å². The molecule has 2 aliphatic heterocycles.